The summed E-state index contributed by atoms with van der Waals surface area (Å²) in [6.45, 7) is 2.96. The molecule has 2 rings (SSSR count). The molecule has 0 saturated carbocycles. The molecule has 1 aromatic carbocycles. The first-order valence-electron chi connectivity index (χ1n) is 8.25. The second-order valence-electron chi connectivity index (χ2n) is 6.21. The van der Waals surface area contributed by atoms with Crippen LogP contribution in [0.25, 0.3) is 0 Å². The first kappa shape index (κ1) is 18.3. The number of amides is 1. The van der Waals surface area contributed by atoms with Crippen molar-refractivity contribution in [2.24, 2.45) is 5.92 Å². The molecule has 0 bridgehead atoms. The van der Waals surface area contributed by atoms with E-state index in [0.29, 0.717) is 13.2 Å². The van der Waals surface area contributed by atoms with Crippen LogP contribution in [0.4, 0.5) is 0 Å². The van der Waals surface area contributed by atoms with E-state index in [9.17, 15) is 14.7 Å². The summed E-state index contributed by atoms with van der Waals surface area (Å²) in [4.78, 5) is 23.8. The van der Waals surface area contributed by atoms with E-state index in [-0.39, 0.29) is 24.2 Å². The predicted octanol–water partition coefficient (Wildman–Crippen LogP) is 2.18. The molecule has 24 heavy (non-hydrogen) atoms. The lowest BCUT2D eigenvalue weighted by Gasteiger charge is -2.28. The van der Waals surface area contributed by atoms with E-state index in [2.05, 4.69) is 5.32 Å². The summed E-state index contributed by atoms with van der Waals surface area (Å²) in [5.41, 5.74) is 0.933. The molecule has 0 aromatic heterocycles. The van der Waals surface area contributed by atoms with Gasteiger partial charge in [-0.25, -0.2) is 4.79 Å². The monoisotopic (exact) mass is 335 g/mol. The SMILES string of the molecule is COc1ccccc1C(C)CC(=O)NC(C(=O)O)C1CCCOC1. The molecule has 132 valence electrons. The van der Waals surface area contributed by atoms with Crippen LogP contribution in [-0.4, -0.2) is 43.3 Å². The molecule has 0 aliphatic carbocycles. The molecule has 0 radical (unpaired) electrons. The minimum Gasteiger partial charge on any atom is -0.496 e. The third-order valence-corrected chi connectivity index (χ3v) is 4.41. The van der Waals surface area contributed by atoms with E-state index in [0.717, 1.165) is 24.2 Å². The zero-order valence-electron chi connectivity index (χ0n) is 14.2. The highest BCUT2D eigenvalue weighted by Gasteiger charge is 2.31. The Morgan fingerprint density at radius 2 is 2.17 bits per heavy atom. The van der Waals surface area contributed by atoms with Gasteiger partial charge in [0.2, 0.25) is 5.91 Å². The molecule has 1 fully saturated rings. The maximum absolute atomic E-state index is 12.3. The Balaban J connectivity index is 1.98. The molecule has 3 unspecified atom stereocenters. The Kier molecular flexibility index (Phi) is 6.61. The standard InChI is InChI=1S/C18H25NO5/c1-12(14-7-3-4-8-15(14)23-2)10-16(20)19-17(18(21)22)13-6-5-9-24-11-13/h3-4,7-8,12-13,17H,5-6,9-11H2,1-2H3,(H,19,20)(H,21,22). The minimum absolute atomic E-state index is 0.0711. The number of para-hydroxylation sites is 1. The number of hydrogen-bond acceptors (Lipinski definition) is 4. The van der Waals surface area contributed by atoms with Crippen LogP contribution >= 0.6 is 0 Å². The zero-order chi connectivity index (χ0) is 17.5. The van der Waals surface area contributed by atoms with Gasteiger partial charge in [-0.05, 0) is 30.4 Å². The lowest BCUT2D eigenvalue weighted by atomic mass is 9.92. The van der Waals surface area contributed by atoms with Gasteiger partial charge in [0.05, 0.1) is 13.7 Å². The number of ether oxygens (including phenoxy) is 2. The zero-order valence-corrected chi connectivity index (χ0v) is 14.2. The van der Waals surface area contributed by atoms with Crippen molar-refractivity contribution >= 4 is 11.9 Å². The van der Waals surface area contributed by atoms with Crippen molar-refractivity contribution in [1.29, 1.82) is 0 Å². The first-order chi connectivity index (χ1) is 11.5. The van der Waals surface area contributed by atoms with E-state index in [1.807, 2.05) is 31.2 Å². The quantitative estimate of drug-likeness (QED) is 0.798. The minimum atomic E-state index is -1.01. The number of methoxy groups -OCH3 is 1. The van der Waals surface area contributed by atoms with Crippen LogP contribution in [0.15, 0.2) is 24.3 Å². The maximum atomic E-state index is 12.3. The van der Waals surface area contributed by atoms with Gasteiger partial charge >= 0.3 is 5.97 Å². The van der Waals surface area contributed by atoms with Crippen LogP contribution in [0.2, 0.25) is 0 Å². The van der Waals surface area contributed by atoms with Crippen molar-refractivity contribution in [1.82, 2.24) is 5.32 Å². The molecule has 6 nitrogen and oxygen atoms in total. The molecular weight excluding hydrogens is 310 g/mol. The van der Waals surface area contributed by atoms with Crippen molar-refractivity contribution in [2.45, 2.75) is 38.1 Å². The fraction of sp³-hybridized carbons (Fsp3) is 0.556. The predicted molar refractivity (Wildman–Crippen MR) is 89.1 cm³/mol. The number of hydrogen-bond donors (Lipinski definition) is 2. The van der Waals surface area contributed by atoms with Crippen LogP contribution in [0.5, 0.6) is 5.75 Å². The van der Waals surface area contributed by atoms with Crippen molar-refractivity contribution in [2.75, 3.05) is 20.3 Å². The molecule has 1 aliphatic heterocycles. The van der Waals surface area contributed by atoms with Gasteiger partial charge in [0.1, 0.15) is 11.8 Å². The fourth-order valence-corrected chi connectivity index (χ4v) is 3.10. The number of rotatable bonds is 7. The number of aliphatic carboxylic acids is 1. The van der Waals surface area contributed by atoms with Crippen molar-refractivity contribution in [3.63, 3.8) is 0 Å². The Morgan fingerprint density at radius 1 is 1.42 bits per heavy atom. The summed E-state index contributed by atoms with van der Waals surface area (Å²) in [7, 11) is 1.59. The number of benzene rings is 1. The molecule has 1 aliphatic rings. The number of carboxylic acid groups (broad SMARTS) is 1. The van der Waals surface area contributed by atoms with Crippen molar-refractivity contribution in [3.8, 4) is 5.75 Å². The summed E-state index contributed by atoms with van der Waals surface area (Å²) in [6, 6.07) is 6.64. The second-order valence-corrected chi connectivity index (χ2v) is 6.21. The highest BCUT2D eigenvalue weighted by Crippen LogP contribution is 2.28. The van der Waals surface area contributed by atoms with Gasteiger partial charge in [-0.15, -0.1) is 0 Å². The summed E-state index contributed by atoms with van der Waals surface area (Å²) >= 11 is 0. The van der Waals surface area contributed by atoms with E-state index < -0.39 is 12.0 Å². The molecule has 2 N–H and O–H groups in total. The number of carbonyl (C=O) groups excluding carboxylic acids is 1. The van der Waals surface area contributed by atoms with Crippen LogP contribution in [0, 0.1) is 5.92 Å². The number of nitrogens with one attached hydrogen (secondary N) is 1. The Morgan fingerprint density at radius 3 is 2.79 bits per heavy atom. The van der Waals surface area contributed by atoms with Gasteiger partial charge in [-0.2, -0.15) is 0 Å². The molecule has 1 aromatic rings. The normalized spacial score (nSPS) is 20.0. The lowest BCUT2D eigenvalue weighted by Crippen LogP contribution is -2.48. The summed E-state index contributed by atoms with van der Waals surface area (Å²) in [6.07, 6.45) is 1.78. The largest absolute Gasteiger partial charge is 0.496 e. The summed E-state index contributed by atoms with van der Waals surface area (Å²) in [5, 5.41) is 12.1. The third kappa shape index (κ3) is 4.71. The Hall–Kier alpha value is -2.08. The highest BCUT2D eigenvalue weighted by molar-refractivity contribution is 5.84. The number of carboxylic acids is 1. The van der Waals surface area contributed by atoms with E-state index in [4.69, 9.17) is 9.47 Å². The van der Waals surface area contributed by atoms with Gasteiger partial charge < -0.3 is 19.9 Å². The van der Waals surface area contributed by atoms with E-state index >= 15 is 0 Å². The van der Waals surface area contributed by atoms with Gasteiger partial charge in [-0.1, -0.05) is 25.1 Å². The maximum Gasteiger partial charge on any atom is 0.326 e. The van der Waals surface area contributed by atoms with Crippen LogP contribution in [0.3, 0.4) is 0 Å². The number of carbonyl (C=O) groups is 2. The van der Waals surface area contributed by atoms with Crippen LogP contribution in [-0.2, 0) is 14.3 Å². The lowest BCUT2D eigenvalue weighted by molar-refractivity contribution is -0.145. The molecule has 0 spiro atoms. The van der Waals surface area contributed by atoms with Gasteiger partial charge in [0.25, 0.3) is 0 Å². The smallest absolute Gasteiger partial charge is 0.326 e. The van der Waals surface area contributed by atoms with Crippen molar-refractivity contribution in [3.05, 3.63) is 29.8 Å². The van der Waals surface area contributed by atoms with Crippen molar-refractivity contribution < 1.29 is 24.2 Å². The fourth-order valence-electron chi connectivity index (χ4n) is 3.10. The Labute approximate surface area is 142 Å². The van der Waals surface area contributed by atoms with Gasteiger partial charge in [0, 0.05) is 18.9 Å². The highest BCUT2D eigenvalue weighted by atomic mass is 16.5. The molecular formula is C18H25NO5. The third-order valence-electron chi connectivity index (χ3n) is 4.41. The average molecular weight is 335 g/mol. The Bertz CT molecular complexity index is 568. The molecule has 1 amide bonds. The summed E-state index contributed by atoms with van der Waals surface area (Å²) < 4.78 is 10.7. The molecule has 1 heterocycles. The van der Waals surface area contributed by atoms with Gasteiger partial charge in [-0.3, -0.25) is 4.79 Å². The topological polar surface area (TPSA) is 84.9 Å². The molecule has 1 saturated heterocycles. The van der Waals surface area contributed by atoms with Gasteiger partial charge in [0.15, 0.2) is 0 Å². The first-order valence-corrected chi connectivity index (χ1v) is 8.25. The second kappa shape index (κ2) is 8.68. The molecule has 6 heteroatoms. The summed E-state index contributed by atoms with van der Waals surface area (Å²) in [5.74, 6) is -0.802. The average Bonchev–Trinajstić information content (AvgIpc) is 2.60. The van der Waals surface area contributed by atoms with Crippen LogP contribution < -0.4 is 10.1 Å². The van der Waals surface area contributed by atoms with E-state index in [1.165, 1.54) is 0 Å². The van der Waals surface area contributed by atoms with Crippen LogP contribution in [0.1, 0.15) is 37.7 Å². The van der Waals surface area contributed by atoms with E-state index in [1.54, 1.807) is 7.11 Å². The molecule has 3 atom stereocenters.